The van der Waals surface area contributed by atoms with Crippen molar-refractivity contribution < 1.29 is 23.9 Å². The summed E-state index contributed by atoms with van der Waals surface area (Å²) in [5.41, 5.74) is 2.24. The Morgan fingerprint density at radius 1 is 1.25 bits per heavy atom. The third-order valence-corrected chi connectivity index (χ3v) is 6.79. The van der Waals surface area contributed by atoms with Crippen molar-refractivity contribution in [2.24, 2.45) is 5.92 Å². The van der Waals surface area contributed by atoms with Gasteiger partial charge in [0.25, 0.3) is 5.91 Å². The van der Waals surface area contributed by atoms with Crippen molar-refractivity contribution >= 4 is 45.5 Å². The third kappa shape index (κ3) is 4.44. The van der Waals surface area contributed by atoms with Gasteiger partial charge in [-0.05, 0) is 61.6 Å². The van der Waals surface area contributed by atoms with Crippen LogP contribution in [0.4, 0.5) is 5.00 Å². The van der Waals surface area contributed by atoms with Crippen molar-refractivity contribution in [1.29, 1.82) is 0 Å². The molecule has 150 valence electrons. The smallest absolute Gasteiger partial charge is 0.349 e. The lowest BCUT2D eigenvalue weighted by atomic mass is 9.88. The zero-order valence-corrected chi connectivity index (χ0v) is 17.8. The SMILES string of the molecule is CCOC(=O)c1c(NC(=O)COC(=O)c2sccc2C)sc2c1CC[C@H](C)C2. The van der Waals surface area contributed by atoms with Gasteiger partial charge in [-0.25, -0.2) is 9.59 Å². The van der Waals surface area contributed by atoms with E-state index < -0.39 is 24.5 Å². The average molecular weight is 422 g/mol. The van der Waals surface area contributed by atoms with Gasteiger partial charge in [0.05, 0.1) is 12.2 Å². The van der Waals surface area contributed by atoms with Gasteiger partial charge in [0.15, 0.2) is 6.61 Å². The molecular weight excluding hydrogens is 398 g/mol. The number of thiophene rings is 2. The maximum atomic E-state index is 12.5. The standard InChI is InChI=1S/C20H23NO5S2/c1-4-25-19(23)16-13-6-5-11(2)9-14(13)28-18(16)21-15(22)10-26-20(24)17-12(3)7-8-27-17/h7-8,11H,4-6,9-10H2,1-3H3,(H,21,22)/t11-/m0/s1. The Bertz CT molecular complexity index is 899. The van der Waals surface area contributed by atoms with Gasteiger partial charge in [-0.2, -0.15) is 0 Å². The van der Waals surface area contributed by atoms with Crippen molar-refractivity contribution in [3.8, 4) is 0 Å². The highest BCUT2D eigenvalue weighted by molar-refractivity contribution is 7.17. The Balaban J connectivity index is 1.72. The molecule has 0 aliphatic heterocycles. The molecule has 2 aromatic rings. The van der Waals surface area contributed by atoms with Crippen molar-refractivity contribution in [2.45, 2.75) is 40.0 Å². The monoisotopic (exact) mass is 421 g/mol. The van der Waals surface area contributed by atoms with E-state index in [1.807, 2.05) is 13.0 Å². The highest BCUT2D eigenvalue weighted by atomic mass is 32.1. The molecule has 0 spiro atoms. The van der Waals surface area contributed by atoms with Gasteiger partial charge in [-0.1, -0.05) is 6.92 Å². The van der Waals surface area contributed by atoms with Gasteiger partial charge in [-0.3, -0.25) is 4.79 Å². The highest BCUT2D eigenvalue weighted by Gasteiger charge is 2.29. The minimum atomic E-state index is -0.521. The first-order valence-corrected chi connectivity index (χ1v) is 10.9. The third-order valence-electron chi connectivity index (χ3n) is 4.63. The first-order valence-electron chi connectivity index (χ1n) is 9.23. The van der Waals surface area contributed by atoms with Gasteiger partial charge in [0, 0.05) is 4.88 Å². The first kappa shape index (κ1) is 20.5. The average Bonchev–Trinajstić information content (AvgIpc) is 3.22. The van der Waals surface area contributed by atoms with Gasteiger partial charge in [0.2, 0.25) is 0 Å². The van der Waals surface area contributed by atoms with E-state index in [2.05, 4.69) is 12.2 Å². The van der Waals surface area contributed by atoms with Crippen molar-refractivity contribution in [1.82, 2.24) is 0 Å². The van der Waals surface area contributed by atoms with E-state index in [-0.39, 0.29) is 6.61 Å². The Morgan fingerprint density at radius 2 is 2.04 bits per heavy atom. The minimum Gasteiger partial charge on any atom is -0.462 e. The van der Waals surface area contributed by atoms with E-state index in [0.29, 0.717) is 21.4 Å². The lowest BCUT2D eigenvalue weighted by Crippen LogP contribution is -2.22. The Hall–Kier alpha value is -2.19. The van der Waals surface area contributed by atoms with E-state index in [1.165, 1.54) is 22.7 Å². The number of ether oxygens (including phenoxy) is 2. The van der Waals surface area contributed by atoms with E-state index in [0.717, 1.165) is 35.3 Å². The quantitative estimate of drug-likeness (QED) is 0.707. The van der Waals surface area contributed by atoms with Crippen LogP contribution in [0.5, 0.6) is 0 Å². The number of carbonyl (C=O) groups is 3. The van der Waals surface area contributed by atoms with Gasteiger partial charge < -0.3 is 14.8 Å². The van der Waals surface area contributed by atoms with Crippen LogP contribution < -0.4 is 5.32 Å². The van der Waals surface area contributed by atoms with Crippen LogP contribution in [0.2, 0.25) is 0 Å². The van der Waals surface area contributed by atoms with E-state index in [4.69, 9.17) is 9.47 Å². The molecule has 8 heteroatoms. The molecule has 0 bridgehead atoms. The second kappa shape index (κ2) is 8.87. The summed E-state index contributed by atoms with van der Waals surface area (Å²) in [4.78, 5) is 38.5. The van der Waals surface area contributed by atoms with Crippen LogP contribution >= 0.6 is 22.7 Å². The number of carbonyl (C=O) groups excluding carboxylic acids is 3. The van der Waals surface area contributed by atoms with Crippen molar-refractivity contribution in [3.05, 3.63) is 37.9 Å². The Labute approximate surface area is 171 Å². The van der Waals surface area contributed by atoms with E-state index >= 15 is 0 Å². The first-order chi connectivity index (χ1) is 13.4. The number of esters is 2. The fourth-order valence-corrected chi connectivity index (χ4v) is 5.43. The maximum Gasteiger partial charge on any atom is 0.349 e. The molecule has 0 saturated carbocycles. The maximum absolute atomic E-state index is 12.5. The summed E-state index contributed by atoms with van der Waals surface area (Å²) in [5, 5.41) is 5.02. The zero-order chi connectivity index (χ0) is 20.3. The summed E-state index contributed by atoms with van der Waals surface area (Å²) in [6, 6.07) is 1.82. The molecule has 6 nitrogen and oxygen atoms in total. The number of aryl methyl sites for hydroxylation is 1. The Kier molecular flexibility index (Phi) is 6.51. The highest BCUT2D eigenvalue weighted by Crippen LogP contribution is 2.40. The molecule has 0 unspecified atom stereocenters. The lowest BCUT2D eigenvalue weighted by molar-refractivity contribution is -0.119. The molecule has 28 heavy (non-hydrogen) atoms. The van der Waals surface area contributed by atoms with E-state index in [9.17, 15) is 14.4 Å². The van der Waals surface area contributed by atoms with Crippen LogP contribution in [0.3, 0.4) is 0 Å². The molecule has 0 radical (unpaired) electrons. The molecule has 1 amide bonds. The molecule has 0 saturated heterocycles. The molecule has 0 aromatic carbocycles. The molecule has 1 aliphatic carbocycles. The second-order valence-corrected chi connectivity index (χ2v) is 8.85. The largest absolute Gasteiger partial charge is 0.462 e. The number of hydrogen-bond donors (Lipinski definition) is 1. The molecule has 0 fully saturated rings. The van der Waals surface area contributed by atoms with Crippen molar-refractivity contribution in [2.75, 3.05) is 18.5 Å². The number of hydrogen-bond acceptors (Lipinski definition) is 7. The predicted molar refractivity (Wildman–Crippen MR) is 109 cm³/mol. The number of fused-ring (bicyclic) bond motifs is 1. The summed E-state index contributed by atoms with van der Waals surface area (Å²) >= 11 is 2.69. The number of anilines is 1. The fourth-order valence-electron chi connectivity index (χ4n) is 3.20. The van der Waals surface area contributed by atoms with Gasteiger partial charge >= 0.3 is 11.9 Å². The normalized spacial score (nSPS) is 15.6. The minimum absolute atomic E-state index is 0.269. The molecule has 1 aliphatic rings. The summed E-state index contributed by atoms with van der Waals surface area (Å²) < 4.78 is 10.3. The predicted octanol–water partition coefficient (Wildman–Crippen LogP) is 4.22. The van der Waals surface area contributed by atoms with Crippen LogP contribution in [-0.4, -0.2) is 31.1 Å². The summed E-state index contributed by atoms with van der Waals surface area (Å²) in [6.45, 7) is 5.61. The molecule has 1 atom stereocenters. The van der Waals surface area contributed by atoms with Crippen LogP contribution in [-0.2, 0) is 27.1 Å². The molecular formula is C20H23NO5S2. The van der Waals surface area contributed by atoms with Crippen LogP contribution in [0.25, 0.3) is 0 Å². The van der Waals surface area contributed by atoms with E-state index in [1.54, 1.807) is 12.3 Å². The zero-order valence-electron chi connectivity index (χ0n) is 16.1. The van der Waals surface area contributed by atoms with Gasteiger partial charge in [0.1, 0.15) is 9.88 Å². The Morgan fingerprint density at radius 3 is 2.71 bits per heavy atom. The summed E-state index contributed by atoms with van der Waals surface area (Å²) in [5.74, 6) is -0.872. The number of rotatable bonds is 6. The van der Waals surface area contributed by atoms with Crippen molar-refractivity contribution in [3.63, 3.8) is 0 Å². The van der Waals surface area contributed by atoms with Crippen LogP contribution in [0.15, 0.2) is 11.4 Å². The molecule has 2 heterocycles. The summed E-state index contributed by atoms with van der Waals surface area (Å²) in [6.07, 6.45) is 2.68. The molecule has 3 rings (SSSR count). The topological polar surface area (TPSA) is 81.7 Å². The number of nitrogens with one attached hydrogen (secondary N) is 1. The second-order valence-electron chi connectivity index (χ2n) is 6.83. The number of amides is 1. The molecule has 2 aromatic heterocycles. The fraction of sp³-hybridized carbons (Fsp3) is 0.450. The lowest BCUT2D eigenvalue weighted by Gasteiger charge is -2.18. The molecule has 1 N–H and O–H groups in total. The van der Waals surface area contributed by atoms with Gasteiger partial charge in [-0.15, -0.1) is 22.7 Å². The van der Waals surface area contributed by atoms with Crippen LogP contribution in [0, 0.1) is 12.8 Å². The summed E-state index contributed by atoms with van der Waals surface area (Å²) in [7, 11) is 0. The van der Waals surface area contributed by atoms with Crippen LogP contribution in [0.1, 0.15) is 56.3 Å².